The molecule has 23 heavy (non-hydrogen) atoms. The molecule has 1 aromatic carbocycles. The van der Waals surface area contributed by atoms with Crippen molar-refractivity contribution in [3.63, 3.8) is 0 Å². The first-order valence-electron chi connectivity index (χ1n) is 7.31. The summed E-state index contributed by atoms with van der Waals surface area (Å²) in [6.45, 7) is 4.30. The minimum atomic E-state index is -3.50. The molecule has 0 radical (unpaired) electrons. The largest absolute Gasteiger partial charge is 0.289 e. The molecule has 1 aromatic heterocycles. The fourth-order valence-electron chi connectivity index (χ4n) is 1.92. The molecule has 0 aliphatic rings. The smallest absolute Gasteiger partial charge is 0.240 e. The maximum absolute atomic E-state index is 12.1. The van der Waals surface area contributed by atoms with Gasteiger partial charge in [-0.05, 0) is 61.9 Å². The molecule has 0 fully saturated rings. The predicted molar refractivity (Wildman–Crippen MR) is 94.3 cm³/mol. The van der Waals surface area contributed by atoms with Gasteiger partial charge in [0.2, 0.25) is 10.0 Å². The number of nitrogens with one attached hydrogen (secondary N) is 1. The Morgan fingerprint density at radius 3 is 2.43 bits per heavy atom. The van der Waals surface area contributed by atoms with E-state index in [0.29, 0.717) is 12.1 Å². The summed E-state index contributed by atoms with van der Waals surface area (Å²) >= 11 is 1.61. The lowest BCUT2D eigenvalue weighted by Gasteiger charge is -2.05. The van der Waals surface area contributed by atoms with Crippen molar-refractivity contribution in [2.24, 2.45) is 0 Å². The molecule has 0 saturated carbocycles. The van der Waals surface area contributed by atoms with Crippen molar-refractivity contribution in [1.82, 2.24) is 4.72 Å². The molecule has 4 nitrogen and oxygen atoms in total. The number of hydrogen-bond donors (Lipinski definition) is 1. The van der Waals surface area contributed by atoms with Crippen molar-refractivity contribution in [2.75, 3.05) is 6.54 Å². The van der Waals surface area contributed by atoms with Crippen LogP contribution in [0.1, 0.15) is 33.5 Å². The van der Waals surface area contributed by atoms with Gasteiger partial charge in [0, 0.05) is 21.9 Å². The Morgan fingerprint density at radius 1 is 1.17 bits per heavy atom. The van der Waals surface area contributed by atoms with Crippen molar-refractivity contribution in [3.8, 4) is 0 Å². The summed E-state index contributed by atoms with van der Waals surface area (Å²) in [7, 11) is -3.50. The highest BCUT2D eigenvalue weighted by Crippen LogP contribution is 2.17. The quantitative estimate of drug-likeness (QED) is 0.613. The summed E-state index contributed by atoms with van der Waals surface area (Å²) in [5, 5.41) is 0. The van der Waals surface area contributed by atoms with Crippen molar-refractivity contribution in [2.45, 2.75) is 25.2 Å². The van der Waals surface area contributed by atoms with Gasteiger partial charge in [-0.25, -0.2) is 13.1 Å². The van der Waals surface area contributed by atoms with Crippen molar-refractivity contribution >= 4 is 33.2 Å². The Morgan fingerprint density at radius 2 is 1.87 bits per heavy atom. The van der Waals surface area contributed by atoms with Gasteiger partial charge in [-0.3, -0.25) is 4.79 Å². The summed E-state index contributed by atoms with van der Waals surface area (Å²) in [5.74, 6) is -0.151. The van der Waals surface area contributed by atoms with Crippen LogP contribution in [0.25, 0.3) is 6.08 Å². The highest BCUT2D eigenvalue weighted by atomic mass is 32.2. The number of rotatable bonds is 7. The first-order valence-corrected chi connectivity index (χ1v) is 9.61. The van der Waals surface area contributed by atoms with Gasteiger partial charge in [-0.15, -0.1) is 11.3 Å². The molecule has 0 saturated heterocycles. The van der Waals surface area contributed by atoms with Crippen LogP contribution in [0.15, 0.2) is 47.4 Å². The van der Waals surface area contributed by atoms with Gasteiger partial charge in [-0.2, -0.15) is 0 Å². The molecule has 0 atom stereocenters. The number of carbonyl (C=O) groups is 1. The Kier molecular flexibility index (Phi) is 5.87. The van der Waals surface area contributed by atoms with E-state index < -0.39 is 10.0 Å². The van der Waals surface area contributed by atoms with Crippen LogP contribution < -0.4 is 4.72 Å². The zero-order chi connectivity index (χ0) is 16.9. The number of allylic oxidation sites excluding steroid dienone is 1. The van der Waals surface area contributed by atoms with Gasteiger partial charge in [0.25, 0.3) is 0 Å². The third kappa shape index (κ3) is 4.86. The number of sulfonamides is 1. The van der Waals surface area contributed by atoms with Crippen molar-refractivity contribution < 1.29 is 13.2 Å². The molecule has 2 aromatic rings. The third-order valence-corrected chi connectivity index (χ3v) is 5.59. The number of carbonyl (C=O) groups excluding carboxylic acids is 1. The highest BCUT2D eigenvalue weighted by molar-refractivity contribution is 7.89. The number of benzene rings is 1. The topological polar surface area (TPSA) is 63.2 Å². The molecule has 0 aliphatic carbocycles. The van der Waals surface area contributed by atoms with Crippen LogP contribution in [0.2, 0.25) is 0 Å². The molecular formula is C17H19NO3S2. The average molecular weight is 349 g/mol. The number of thiophene rings is 1. The molecule has 2 rings (SSSR count). The second-order valence-electron chi connectivity index (χ2n) is 5.07. The van der Waals surface area contributed by atoms with E-state index >= 15 is 0 Å². The maximum atomic E-state index is 12.1. The second kappa shape index (κ2) is 7.68. The van der Waals surface area contributed by atoms with E-state index in [0.717, 1.165) is 11.3 Å². The van der Waals surface area contributed by atoms with E-state index in [1.54, 1.807) is 17.4 Å². The van der Waals surface area contributed by atoms with Crippen LogP contribution in [-0.4, -0.2) is 20.7 Å². The Bertz CT molecular complexity index is 803. The minimum absolute atomic E-state index is 0.151. The van der Waals surface area contributed by atoms with Gasteiger partial charge in [-0.1, -0.05) is 6.92 Å². The van der Waals surface area contributed by atoms with Crippen LogP contribution in [0.3, 0.4) is 0 Å². The molecule has 0 amide bonds. The monoisotopic (exact) mass is 349 g/mol. The lowest BCUT2D eigenvalue weighted by atomic mass is 10.1. The SMILES string of the molecule is CCCNS(=O)(=O)c1ccc(C(=O)/C=C/c2ccc(C)s2)cc1. The maximum Gasteiger partial charge on any atom is 0.240 e. The lowest BCUT2D eigenvalue weighted by molar-refractivity contribution is 0.104. The Labute approximate surface area is 140 Å². The molecule has 0 bridgehead atoms. The van der Waals surface area contributed by atoms with E-state index in [1.807, 2.05) is 26.0 Å². The zero-order valence-electron chi connectivity index (χ0n) is 13.1. The van der Waals surface area contributed by atoms with E-state index in [4.69, 9.17) is 0 Å². The minimum Gasteiger partial charge on any atom is -0.289 e. The van der Waals surface area contributed by atoms with Crippen LogP contribution in [0.5, 0.6) is 0 Å². The summed E-state index contributed by atoms with van der Waals surface area (Å²) in [6, 6.07) is 9.93. The van der Waals surface area contributed by atoms with E-state index in [-0.39, 0.29) is 10.7 Å². The first-order chi connectivity index (χ1) is 10.9. The van der Waals surface area contributed by atoms with Crippen LogP contribution >= 0.6 is 11.3 Å². The van der Waals surface area contributed by atoms with Gasteiger partial charge in [0.1, 0.15) is 0 Å². The summed E-state index contributed by atoms with van der Waals surface area (Å²) in [5.41, 5.74) is 0.462. The van der Waals surface area contributed by atoms with Gasteiger partial charge in [0.15, 0.2) is 5.78 Å². The van der Waals surface area contributed by atoms with Crippen LogP contribution in [-0.2, 0) is 10.0 Å². The predicted octanol–water partition coefficient (Wildman–Crippen LogP) is 3.64. The first kappa shape index (κ1) is 17.6. The van der Waals surface area contributed by atoms with Crippen LogP contribution in [0.4, 0.5) is 0 Å². The standard InChI is InChI=1S/C17H19NO3S2/c1-3-12-18-23(20,21)16-9-5-14(6-10-16)17(19)11-8-15-7-4-13(2)22-15/h4-11,18H,3,12H2,1-2H3/b11-8+. The molecule has 6 heteroatoms. The summed E-state index contributed by atoms with van der Waals surface area (Å²) in [4.78, 5) is 14.5. The van der Waals surface area contributed by atoms with Crippen molar-refractivity contribution in [3.05, 3.63) is 57.8 Å². The molecule has 1 N–H and O–H groups in total. The van der Waals surface area contributed by atoms with E-state index in [9.17, 15) is 13.2 Å². The fraction of sp³-hybridized carbons (Fsp3) is 0.235. The molecule has 122 valence electrons. The van der Waals surface area contributed by atoms with Gasteiger partial charge in [0.05, 0.1) is 4.90 Å². The Hall–Kier alpha value is -1.76. The fourth-order valence-corrected chi connectivity index (χ4v) is 3.83. The second-order valence-corrected chi connectivity index (χ2v) is 8.15. The highest BCUT2D eigenvalue weighted by Gasteiger charge is 2.13. The molecule has 0 unspecified atom stereocenters. The van der Waals surface area contributed by atoms with E-state index in [1.165, 1.54) is 35.2 Å². The Balaban J connectivity index is 2.10. The number of ketones is 1. The van der Waals surface area contributed by atoms with Crippen molar-refractivity contribution in [1.29, 1.82) is 0 Å². The van der Waals surface area contributed by atoms with Crippen LogP contribution in [0, 0.1) is 6.92 Å². The average Bonchev–Trinajstić information content (AvgIpc) is 2.96. The molecular weight excluding hydrogens is 330 g/mol. The molecule has 0 aliphatic heterocycles. The summed E-state index contributed by atoms with van der Waals surface area (Å²) < 4.78 is 26.5. The van der Waals surface area contributed by atoms with Gasteiger partial charge < -0.3 is 0 Å². The lowest BCUT2D eigenvalue weighted by Crippen LogP contribution is -2.24. The van der Waals surface area contributed by atoms with Gasteiger partial charge >= 0.3 is 0 Å². The normalized spacial score (nSPS) is 11.9. The number of hydrogen-bond acceptors (Lipinski definition) is 4. The molecule has 0 spiro atoms. The zero-order valence-corrected chi connectivity index (χ0v) is 14.7. The molecule has 1 heterocycles. The summed E-state index contributed by atoms with van der Waals surface area (Å²) in [6.07, 6.45) is 4.00. The number of aryl methyl sites for hydroxylation is 1. The third-order valence-electron chi connectivity index (χ3n) is 3.15. The van der Waals surface area contributed by atoms with E-state index in [2.05, 4.69) is 4.72 Å².